The molecule has 0 unspecified atom stereocenters. The summed E-state index contributed by atoms with van der Waals surface area (Å²) in [6.45, 7) is 0.414. The molecule has 5 rings (SSSR count). The summed E-state index contributed by atoms with van der Waals surface area (Å²) >= 11 is 11.9. The Morgan fingerprint density at radius 1 is 0.944 bits per heavy atom. The van der Waals surface area contributed by atoms with E-state index >= 15 is 0 Å². The molecule has 36 heavy (non-hydrogen) atoms. The zero-order chi connectivity index (χ0) is 25.4. The third-order valence-electron chi connectivity index (χ3n) is 5.21. The number of carbonyl (C=O) groups is 1. The Balaban J connectivity index is 1.42. The van der Waals surface area contributed by atoms with Crippen molar-refractivity contribution in [3.8, 4) is 11.3 Å². The second-order valence-corrected chi connectivity index (χ2v) is 8.69. The third kappa shape index (κ3) is 5.05. The Kier molecular flexibility index (Phi) is 6.15. The molecule has 0 atom stereocenters. The number of hydrogen-bond donors (Lipinski definition) is 1. The maximum atomic E-state index is 13.8. The van der Waals surface area contributed by atoms with Gasteiger partial charge in [0.25, 0.3) is 5.91 Å². The van der Waals surface area contributed by atoms with E-state index < -0.39 is 17.8 Å². The normalized spacial score (nSPS) is 11.7. The SMILES string of the molecule is O=C(Nc1ccn(Cc2cccc(Cl)c2)n1)c1cc2nc(-c3ccc(Cl)cc3)cc(C(F)(F)F)n2n1. The molecule has 0 saturated carbocycles. The first-order chi connectivity index (χ1) is 17.2. The fourth-order valence-electron chi connectivity index (χ4n) is 3.58. The average molecular weight is 531 g/mol. The number of anilines is 1. The van der Waals surface area contributed by atoms with E-state index in [2.05, 4.69) is 20.5 Å². The van der Waals surface area contributed by atoms with Gasteiger partial charge in [-0.2, -0.15) is 23.4 Å². The number of benzene rings is 2. The van der Waals surface area contributed by atoms with Crippen LogP contribution in [0.15, 0.2) is 72.9 Å². The molecule has 5 aromatic rings. The molecular formula is C24H15Cl2F3N6O. The summed E-state index contributed by atoms with van der Waals surface area (Å²) in [6.07, 6.45) is -3.08. The second kappa shape index (κ2) is 9.29. The maximum absolute atomic E-state index is 13.8. The van der Waals surface area contributed by atoms with Gasteiger partial charge in [0.1, 0.15) is 0 Å². The Morgan fingerprint density at radius 2 is 1.72 bits per heavy atom. The molecule has 0 spiro atoms. The summed E-state index contributed by atoms with van der Waals surface area (Å²) in [6, 6.07) is 17.1. The topological polar surface area (TPSA) is 77.1 Å². The molecule has 7 nitrogen and oxygen atoms in total. The zero-order valence-electron chi connectivity index (χ0n) is 18.2. The monoisotopic (exact) mass is 530 g/mol. The van der Waals surface area contributed by atoms with Gasteiger partial charge in [-0.25, -0.2) is 9.50 Å². The highest BCUT2D eigenvalue weighted by Crippen LogP contribution is 2.32. The molecule has 0 saturated heterocycles. The largest absolute Gasteiger partial charge is 0.433 e. The average Bonchev–Trinajstić information content (AvgIpc) is 3.45. The van der Waals surface area contributed by atoms with Crippen molar-refractivity contribution >= 4 is 40.6 Å². The Hall–Kier alpha value is -3.89. The lowest BCUT2D eigenvalue weighted by Crippen LogP contribution is -2.16. The first kappa shape index (κ1) is 23.8. The van der Waals surface area contributed by atoms with Crippen LogP contribution in [0.1, 0.15) is 21.7 Å². The predicted molar refractivity (Wildman–Crippen MR) is 129 cm³/mol. The maximum Gasteiger partial charge on any atom is 0.433 e. The number of alkyl halides is 3. The molecule has 3 heterocycles. The van der Waals surface area contributed by atoms with Crippen molar-refractivity contribution in [1.29, 1.82) is 0 Å². The number of halogens is 5. The van der Waals surface area contributed by atoms with Gasteiger partial charge in [0.2, 0.25) is 0 Å². The molecule has 0 aliphatic rings. The third-order valence-corrected chi connectivity index (χ3v) is 5.69. The number of nitrogens with one attached hydrogen (secondary N) is 1. The highest BCUT2D eigenvalue weighted by atomic mass is 35.5. The van der Waals surface area contributed by atoms with Gasteiger partial charge in [-0.1, -0.05) is 47.5 Å². The van der Waals surface area contributed by atoms with Crippen molar-refractivity contribution in [2.75, 3.05) is 5.32 Å². The van der Waals surface area contributed by atoms with Gasteiger partial charge in [0.05, 0.1) is 12.2 Å². The minimum absolute atomic E-state index is 0.0677. The molecule has 0 radical (unpaired) electrons. The summed E-state index contributed by atoms with van der Waals surface area (Å²) in [7, 11) is 0. The number of hydrogen-bond acceptors (Lipinski definition) is 4. The van der Waals surface area contributed by atoms with Crippen molar-refractivity contribution in [2.45, 2.75) is 12.7 Å². The Labute approximate surface area is 212 Å². The Bertz CT molecular complexity index is 1580. The molecule has 0 aliphatic carbocycles. The van der Waals surface area contributed by atoms with Crippen LogP contribution in [0.4, 0.5) is 19.0 Å². The molecular weight excluding hydrogens is 516 g/mol. The van der Waals surface area contributed by atoms with Crippen LogP contribution in [0.2, 0.25) is 10.0 Å². The standard InChI is InChI=1S/C24H15Cl2F3N6O/c25-16-6-4-15(5-7-16)18-11-20(24(27,28)29)35-22(30-18)12-19(32-35)23(36)31-21-8-9-34(33-21)13-14-2-1-3-17(26)10-14/h1-12H,13H2,(H,31,33,36). The zero-order valence-corrected chi connectivity index (χ0v) is 19.7. The smallest absolute Gasteiger partial charge is 0.304 e. The molecule has 1 amide bonds. The lowest BCUT2D eigenvalue weighted by molar-refractivity contribution is -0.142. The Morgan fingerprint density at radius 3 is 2.44 bits per heavy atom. The van der Waals surface area contributed by atoms with Crippen LogP contribution in [0, 0.1) is 0 Å². The highest BCUT2D eigenvalue weighted by molar-refractivity contribution is 6.30. The summed E-state index contributed by atoms with van der Waals surface area (Å²) in [5, 5.41) is 11.7. The van der Waals surface area contributed by atoms with Crippen LogP contribution >= 0.6 is 23.2 Å². The van der Waals surface area contributed by atoms with Crippen LogP contribution in [-0.4, -0.2) is 30.3 Å². The number of amides is 1. The van der Waals surface area contributed by atoms with E-state index in [1.54, 1.807) is 53.3 Å². The molecule has 182 valence electrons. The molecule has 3 aromatic heterocycles. The van der Waals surface area contributed by atoms with Crippen LogP contribution < -0.4 is 5.32 Å². The van der Waals surface area contributed by atoms with E-state index in [0.29, 0.717) is 26.7 Å². The van der Waals surface area contributed by atoms with Gasteiger partial charge < -0.3 is 5.32 Å². The molecule has 12 heteroatoms. The number of aromatic nitrogens is 5. The number of fused-ring (bicyclic) bond motifs is 1. The first-order valence-corrected chi connectivity index (χ1v) is 11.2. The van der Waals surface area contributed by atoms with Gasteiger partial charge in [0, 0.05) is 33.9 Å². The van der Waals surface area contributed by atoms with E-state index in [1.165, 1.54) is 6.07 Å². The predicted octanol–water partition coefficient (Wildman–Crippen LogP) is 6.22. The van der Waals surface area contributed by atoms with Gasteiger partial charge in [-0.05, 0) is 35.9 Å². The molecule has 0 aliphatic heterocycles. The van der Waals surface area contributed by atoms with Crippen LogP contribution in [0.5, 0.6) is 0 Å². The van der Waals surface area contributed by atoms with Crippen LogP contribution in [0.3, 0.4) is 0 Å². The van der Waals surface area contributed by atoms with E-state index in [0.717, 1.165) is 11.6 Å². The van der Waals surface area contributed by atoms with Crippen molar-refractivity contribution in [3.05, 3.63) is 99.9 Å². The first-order valence-electron chi connectivity index (χ1n) is 10.5. The molecule has 1 N–H and O–H groups in total. The van der Waals surface area contributed by atoms with Gasteiger partial charge in [0.15, 0.2) is 22.9 Å². The summed E-state index contributed by atoms with van der Waals surface area (Å²) < 4.78 is 43.6. The minimum atomic E-state index is -4.73. The molecule has 0 fully saturated rings. The van der Waals surface area contributed by atoms with Crippen LogP contribution in [-0.2, 0) is 12.7 Å². The van der Waals surface area contributed by atoms with Gasteiger partial charge in [-0.3, -0.25) is 9.48 Å². The summed E-state index contributed by atoms with van der Waals surface area (Å²) in [5.41, 5.74) is -0.0339. The van der Waals surface area contributed by atoms with Gasteiger partial charge >= 0.3 is 6.18 Å². The lowest BCUT2D eigenvalue weighted by Gasteiger charge is -2.11. The van der Waals surface area contributed by atoms with Crippen molar-refractivity contribution < 1.29 is 18.0 Å². The van der Waals surface area contributed by atoms with Gasteiger partial charge in [-0.15, -0.1) is 0 Å². The van der Waals surface area contributed by atoms with Crippen LogP contribution in [0.25, 0.3) is 16.9 Å². The summed E-state index contributed by atoms with van der Waals surface area (Å²) in [5.74, 6) is -0.514. The fourth-order valence-corrected chi connectivity index (χ4v) is 3.91. The van der Waals surface area contributed by atoms with E-state index in [9.17, 15) is 18.0 Å². The number of nitrogens with zero attached hydrogens (tertiary/aromatic N) is 5. The van der Waals surface area contributed by atoms with Crippen molar-refractivity contribution in [3.63, 3.8) is 0 Å². The number of rotatable bonds is 5. The molecule has 2 aromatic carbocycles. The van der Waals surface area contributed by atoms with Crippen molar-refractivity contribution in [2.24, 2.45) is 0 Å². The second-order valence-electron chi connectivity index (χ2n) is 7.81. The fraction of sp³-hybridized carbons (Fsp3) is 0.0833. The van der Waals surface area contributed by atoms with E-state index in [-0.39, 0.29) is 22.9 Å². The quantitative estimate of drug-likeness (QED) is 0.292. The highest BCUT2D eigenvalue weighted by Gasteiger charge is 2.35. The summed E-state index contributed by atoms with van der Waals surface area (Å²) in [4.78, 5) is 17.0. The molecule has 0 bridgehead atoms. The van der Waals surface area contributed by atoms with Crippen molar-refractivity contribution in [1.82, 2.24) is 24.4 Å². The number of carbonyl (C=O) groups excluding carboxylic acids is 1. The lowest BCUT2D eigenvalue weighted by atomic mass is 10.1. The van der Waals surface area contributed by atoms with E-state index in [4.69, 9.17) is 23.2 Å². The minimum Gasteiger partial charge on any atom is -0.304 e. The van der Waals surface area contributed by atoms with E-state index in [1.807, 2.05) is 12.1 Å².